The van der Waals surface area contributed by atoms with Gasteiger partial charge in [-0.25, -0.2) is 4.39 Å². The molecule has 2 aliphatic rings. The Kier molecular flexibility index (Phi) is 9.03. The van der Waals surface area contributed by atoms with Crippen molar-refractivity contribution in [1.82, 2.24) is 14.4 Å². The number of nitrogens with zero attached hydrogens (tertiary/aromatic N) is 4. The van der Waals surface area contributed by atoms with Crippen molar-refractivity contribution in [3.63, 3.8) is 0 Å². The highest BCUT2D eigenvalue weighted by Crippen LogP contribution is 2.35. The van der Waals surface area contributed by atoms with Gasteiger partial charge in [-0.15, -0.1) is 0 Å². The van der Waals surface area contributed by atoms with Crippen LogP contribution in [-0.4, -0.2) is 70.2 Å². The first kappa shape index (κ1) is 32.3. The normalized spacial score (nSPS) is 16.3. The smallest absolute Gasteiger partial charge is 0.264 e. The Bertz CT molecular complexity index is 1990. The molecule has 0 bridgehead atoms. The number of benzene rings is 4. The van der Waals surface area contributed by atoms with Gasteiger partial charge in [0.15, 0.2) is 0 Å². The zero-order valence-electron chi connectivity index (χ0n) is 27.7. The monoisotopic (exact) mass is 658 g/mol. The van der Waals surface area contributed by atoms with Crippen LogP contribution in [0, 0.1) is 12.7 Å². The number of rotatable bonds is 7. The van der Waals surface area contributed by atoms with Gasteiger partial charge in [-0.1, -0.05) is 42.5 Å². The average molecular weight is 659 g/mol. The van der Waals surface area contributed by atoms with Gasteiger partial charge in [0, 0.05) is 73.2 Å². The lowest BCUT2D eigenvalue weighted by Crippen LogP contribution is -2.52. The van der Waals surface area contributed by atoms with Crippen molar-refractivity contribution in [1.29, 1.82) is 0 Å². The average Bonchev–Trinajstić information content (AvgIpc) is 3.42. The summed E-state index contributed by atoms with van der Waals surface area (Å²) in [5, 5.41) is 9.93. The molecular formula is C40H39FN4O4. The van der Waals surface area contributed by atoms with Crippen LogP contribution in [0.5, 0.6) is 5.75 Å². The van der Waals surface area contributed by atoms with Crippen LogP contribution in [0.3, 0.4) is 0 Å². The number of carbonyl (C=O) groups excluding carboxylic acids is 2. The van der Waals surface area contributed by atoms with Crippen LogP contribution < -0.4 is 4.90 Å². The molecule has 1 atom stereocenters. The highest BCUT2D eigenvalue weighted by atomic mass is 19.1. The summed E-state index contributed by atoms with van der Waals surface area (Å²) < 4.78 is 22.5. The molecule has 4 aromatic carbocycles. The summed E-state index contributed by atoms with van der Waals surface area (Å²) in [5.74, 6) is -0.847. The molecule has 1 N–H and O–H groups in total. The third-order valence-corrected chi connectivity index (χ3v) is 9.77. The fourth-order valence-corrected chi connectivity index (χ4v) is 7.00. The number of para-hydroxylation sites is 1. The van der Waals surface area contributed by atoms with Crippen LogP contribution in [0.4, 0.5) is 15.8 Å². The second-order valence-corrected chi connectivity index (χ2v) is 12.7. The first-order valence-corrected chi connectivity index (χ1v) is 16.6. The SMILES string of the molecule is Cc1c(C(=O)N(c2ccccc2)c2ccc(O)cc2)cc(-c2cc(F)ccc2C(=O)N2Cc3ccccc3C[C@H]2CN2CCOCC2)n1C. The predicted molar refractivity (Wildman–Crippen MR) is 188 cm³/mol. The van der Waals surface area contributed by atoms with Gasteiger partial charge in [-0.05, 0) is 85.1 Å². The summed E-state index contributed by atoms with van der Waals surface area (Å²) >= 11 is 0. The Labute approximate surface area is 285 Å². The van der Waals surface area contributed by atoms with Crippen molar-refractivity contribution in [3.8, 4) is 17.0 Å². The lowest BCUT2D eigenvalue weighted by atomic mass is 9.92. The van der Waals surface area contributed by atoms with Crippen molar-refractivity contribution in [2.24, 2.45) is 7.05 Å². The summed E-state index contributed by atoms with van der Waals surface area (Å²) in [6.45, 7) is 5.97. The largest absolute Gasteiger partial charge is 0.508 e. The molecule has 0 radical (unpaired) electrons. The Morgan fingerprint density at radius 3 is 2.27 bits per heavy atom. The standard InChI is InChI=1S/C40H39FN4O4/c1-27-36(40(48)45(31-10-4-3-5-11-31)32-13-15-34(46)16-14-32)24-38(42(27)2)37-23-30(41)12-17-35(37)39(47)44-25-29-9-7-6-8-28(29)22-33(44)26-43-18-20-49-21-19-43/h3-17,23-24,33,46H,18-22,25-26H2,1-2H3/t33-/m0/s1. The van der Waals surface area contributed by atoms with E-state index in [1.165, 1.54) is 29.8 Å². The minimum absolute atomic E-state index is 0.0737. The molecule has 1 aromatic heterocycles. The lowest BCUT2D eigenvalue weighted by molar-refractivity contribution is 0.0193. The van der Waals surface area contributed by atoms with Crippen molar-refractivity contribution in [2.75, 3.05) is 37.7 Å². The molecule has 0 unspecified atom stereocenters. The molecule has 2 amide bonds. The van der Waals surface area contributed by atoms with E-state index >= 15 is 4.39 Å². The minimum Gasteiger partial charge on any atom is -0.508 e. The highest BCUT2D eigenvalue weighted by molar-refractivity contribution is 6.12. The number of fused-ring (bicyclic) bond motifs is 1. The number of amides is 2. The summed E-state index contributed by atoms with van der Waals surface area (Å²) in [6.07, 6.45) is 0.726. The number of phenolic OH excluding ortho intramolecular Hbond substituents is 1. The molecule has 0 spiro atoms. The van der Waals surface area contributed by atoms with E-state index in [0.29, 0.717) is 65.8 Å². The van der Waals surface area contributed by atoms with Gasteiger partial charge in [-0.3, -0.25) is 19.4 Å². The van der Waals surface area contributed by atoms with Crippen LogP contribution in [0.15, 0.2) is 103 Å². The van der Waals surface area contributed by atoms with E-state index in [9.17, 15) is 14.7 Å². The van der Waals surface area contributed by atoms with Crippen molar-refractivity contribution in [2.45, 2.75) is 25.9 Å². The van der Waals surface area contributed by atoms with E-state index < -0.39 is 5.82 Å². The van der Waals surface area contributed by atoms with Crippen LogP contribution >= 0.6 is 0 Å². The molecule has 250 valence electrons. The Hall–Kier alpha value is -5.25. The fourth-order valence-electron chi connectivity index (χ4n) is 7.00. The number of anilines is 2. The van der Waals surface area contributed by atoms with Gasteiger partial charge in [0.25, 0.3) is 11.8 Å². The molecule has 0 saturated carbocycles. The Morgan fingerprint density at radius 2 is 1.53 bits per heavy atom. The molecular weight excluding hydrogens is 619 g/mol. The van der Waals surface area contributed by atoms with Crippen LogP contribution in [0.25, 0.3) is 11.3 Å². The van der Waals surface area contributed by atoms with Crippen molar-refractivity contribution in [3.05, 3.63) is 137 Å². The molecule has 7 rings (SSSR count). The number of morpholine rings is 1. The van der Waals surface area contributed by atoms with E-state index in [1.807, 2.05) is 65.9 Å². The van der Waals surface area contributed by atoms with Crippen LogP contribution in [0.2, 0.25) is 0 Å². The number of hydrogen-bond donors (Lipinski definition) is 1. The number of halogens is 1. The lowest BCUT2D eigenvalue weighted by Gasteiger charge is -2.40. The minimum atomic E-state index is -0.470. The maximum absolute atomic E-state index is 15.1. The summed E-state index contributed by atoms with van der Waals surface area (Å²) in [6, 6.07) is 29.9. The maximum atomic E-state index is 15.1. The van der Waals surface area contributed by atoms with E-state index in [0.717, 1.165) is 25.1 Å². The van der Waals surface area contributed by atoms with E-state index in [2.05, 4.69) is 17.0 Å². The molecule has 9 heteroatoms. The Balaban J connectivity index is 1.27. The Morgan fingerprint density at radius 1 is 0.857 bits per heavy atom. The first-order chi connectivity index (χ1) is 23.8. The maximum Gasteiger partial charge on any atom is 0.264 e. The molecule has 3 heterocycles. The molecule has 0 aliphatic carbocycles. The van der Waals surface area contributed by atoms with E-state index in [-0.39, 0.29) is 23.6 Å². The molecule has 8 nitrogen and oxygen atoms in total. The van der Waals surface area contributed by atoms with Gasteiger partial charge < -0.3 is 19.3 Å². The highest BCUT2D eigenvalue weighted by Gasteiger charge is 2.34. The number of phenols is 1. The number of ether oxygens (including phenoxy) is 1. The summed E-state index contributed by atoms with van der Waals surface area (Å²) in [7, 11) is 1.83. The number of carbonyl (C=O) groups is 2. The zero-order valence-corrected chi connectivity index (χ0v) is 27.7. The second kappa shape index (κ2) is 13.7. The van der Waals surface area contributed by atoms with Crippen molar-refractivity contribution < 1.29 is 23.8 Å². The summed E-state index contributed by atoms with van der Waals surface area (Å²) in [5.41, 5.74) is 6.02. The van der Waals surface area contributed by atoms with Gasteiger partial charge in [-0.2, -0.15) is 0 Å². The second-order valence-electron chi connectivity index (χ2n) is 12.7. The molecule has 5 aromatic rings. The van der Waals surface area contributed by atoms with Crippen LogP contribution in [0.1, 0.15) is 37.5 Å². The molecule has 1 saturated heterocycles. The third-order valence-electron chi connectivity index (χ3n) is 9.77. The van der Waals surface area contributed by atoms with Crippen LogP contribution in [-0.2, 0) is 24.8 Å². The quantitative estimate of drug-likeness (QED) is 0.210. The van der Waals surface area contributed by atoms with Crippen molar-refractivity contribution >= 4 is 23.2 Å². The van der Waals surface area contributed by atoms with Gasteiger partial charge in [0.1, 0.15) is 11.6 Å². The fraction of sp³-hybridized carbons (Fsp3) is 0.250. The topological polar surface area (TPSA) is 78.2 Å². The predicted octanol–water partition coefficient (Wildman–Crippen LogP) is 6.72. The first-order valence-electron chi connectivity index (χ1n) is 16.6. The van der Waals surface area contributed by atoms with Gasteiger partial charge in [0.2, 0.25) is 0 Å². The number of aromatic nitrogens is 1. The molecule has 2 aliphatic heterocycles. The molecule has 1 fully saturated rings. The molecule has 49 heavy (non-hydrogen) atoms. The number of hydrogen-bond acceptors (Lipinski definition) is 5. The van der Waals surface area contributed by atoms with E-state index in [1.54, 1.807) is 29.2 Å². The van der Waals surface area contributed by atoms with E-state index in [4.69, 9.17) is 4.74 Å². The van der Waals surface area contributed by atoms with Gasteiger partial charge in [0.05, 0.1) is 18.8 Å². The number of aromatic hydroxyl groups is 1. The van der Waals surface area contributed by atoms with Gasteiger partial charge >= 0.3 is 0 Å². The zero-order chi connectivity index (χ0) is 34.1. The third kappa shape index (κ3) is 6.47. The summed E-state index contributed by atoms with van der Waals surface area (Å²) in [4.78, 5) is 34.9.